The van der Waals surface area contributed by atoms with Gasteiger partial charge < -0.3 is 19.9 Å². The predicted molar refractivity (Wildman–Crippen MR) is 77.4 cm³/mol. The number of aliphatic carboxylic acids is 1. The van der Waals surface area contributed by atoms with Crippen molar-refractivity contribution < 1.29 is 19.4 Å². The summed E-state index contributed by atoms with van der Waals surface area (Å²) >= 11 is 0. The fraction of sp³-hybridized carbons (Fsp3) is 0.533. The van der Waals surface area contributed by atoms with E-state index >= 15 is 0 Å². The number of nitrogens with one attached hydrogen (secondary N) is 1. The Kier molecular flexibility index (Phi) is 6.31. The molecule has 0 aliphatic rings. The lowest BCUT2D eigenvalue weighted by molar-refractivity contribution is -0.144. The van der Waals surface area contributed by atoms with Crippen LogP contribution < -0.4 is 14.8 Å². The standard InChI is InChI=1S/C15H23NO4/c1-4-10-19-12-5-7-13(8-6-12)20-11-9-15(2,16-3)14(17)18/h5-8,16H,4,9-11H2,1-3H3,(H,17,18). The maximum Gasteiger partial charge on any atom is 0.323 e. The number of hydrogen-bond donors (Lipinski definition) is 2. The third kappa shape index (κ3) is 4.74. The second-order valence-electron chi connectivity index (χ2n) is 4.81. The fourth-order valence-corrected chi connectivity index (χ4v) is 1.56. The monoisotopic (exact) mass is 281 g/mol. The second-order valence-corrected chi connectivity index (χ2v) is 4.81. The van der Waals surface area contributed by atoms with E-state index in [9.17, 15) is 4.79 Å². The van der Waals surface area contributed by atoms with Crippen LogP contribution >= 0.6 is 0 Å². The summed E-state index contributed by atoms with van der Waals surface area (Å²) in [7, 11) is 1.63. The third-order valence-corrected chi connectivity index (χ3v) is 3.19. The number of likely N-dealkylation sites (N-methyl/N-ethyl adjacent to an activating group) is 1. The van der Waals surface area contributed by atoms with Gasteiger partial charge in [-0.3, -0.25) is 4.79 Å². The molecular formula is C15H23NO4. The molecule has 1 unspecified atom stereocenters. The molecule has 112 valence electrons. The summed E-state index contributed by atoms with van der Waals surface area (Å²) in [5.41, 5.74) is -0.968. The van der Waals surface area contributed by atoms with Crippen LogP contribution in [0.3, 0.4) is 0 Å². The Bertz CT molecular complexity index is 418. The van der Waals surface area contributed by atoms with Crippen molar-refractivity contribution in [2.75, 3.05) is 20.3 Å². The van der Waals surface area contributed by atoms with E-state index in [1.165, 1.54) is 0 Å². The first-order valence-electron chi connectivity index (χ1n) is 6.80. The van der Waals surface area contributed by atoms with Crippen molar-refractivity contribution in [3.63, 3.8) is 0 Å². The Balaban J connectivity index is 2.44. The lowest BCUT2D eigenvalue weighted by atomic mass is 9.99. The van der Waals surface area contributed by atoms with Gasteiger partial charge in [0.05, 0.1) is 13.2 Å². The largest absolute Gasteiger partial charge is 0.494 e. The van der Waals surface area contributed by atoms with Crippen molar-refractivity contribution in [1.29, 1.82) is 0 Å². The normalized spacial score (nSPS) is 13.6. The zero-order chi connectivity index (χ0) is 15.0. The minimum Gasteiger partial charge on any atom is -0.494 e. The summed E-state index contributed by atoms with van der Waals surface area (Å²) in [6, 6.07) is 7.34. The summed E-state index contributed by atoms with van der Waals surface area (Å²) in [4.78, 5) is 11.1. The highest BCUT2D eigenvalue weighted by Crippen LogP contribution is 2.19. The first kappa shape index (κ1) is 16.3. The number of carboxylic acids is 1. The Morgan fingerprint density at radius 2 is 1.70 bits per heavy atom. The minimum absolute atomic E-state index is 0.332. The van der Waals surface area contributed by atoms with Crippen molar-refractivity contribution in [3.8, 4) is 11.5 Å². The van der Waals surface area contributed by atoms with Gasteiger partial charge in [0.2, 0.25) is 0 Å². The Hall–Kier alpha value is -1.75. The first-order valence-corrected chi connectivity index (χ1v) is 6.80. The molecule has 0 saturated heterocycles. The van der Waals surface area contributed by atoms with E-state index in [4.69, 9.17) is 14.6 Å². The van der Waals surface area contributed by atoms with Crippen LogP contribution in [-0.4, -0.2) is 36.9 Å². The van der Waals surface area contributed by atoms with Gasteiger partial charge >= 0.3 is 5.97 Å². The Labute approximate surface area is 119 Å². The van der Waals surface area contributed by atoms with E-state index in [0.29, 0.717) is 25.4 Å². The van der Waals surface area contributed by atoms with Gasteiger partial charge in [0.1, 0.15) is 17.0 Å². The van der Waals surface area contributed by atoms with Crippen LogP contribution in [0, 0.1) is 0 Å². The van der Waals surface area contributed by atoms with Crippen LogP contribution in [-0.2, 0) is 4.79 Å². The van der Waals surface area contributed by atoms with Crippen molar-refractivity contribution in [1.82, 2.24) is 5.32 Å². The molecule has 0 radical (unpaired) electrons. The number of carboxylic acid groups (broad SMARTS) is 1. The molecule has 0 bridgehead atoms. The fourth-order valence-electron chi connectivity index (χ4n) is 1.56. The molecule has 2 N–H and O–H groups in total. The van der Waals surface area contributed by atoms with E-state index in [-0.39, 0.29) is 0 Å². The number of ether oxygens (including phenoxy) is 2. The van der Waals surface area contributed by atoms with Gasteiger partial charge in [0.25, 0.3) is 0 Å². The molecule has 1 aromatic rings. The Morgan fingerprint density at radius 1 is 1.20 bits per heavy atom. The lowest BCUT2D eigenvalue weighted by Crippen LogP contribution is -2.48. The SMILES string of the molecule is CCCOc1ccc(OCCC(C)(NC)C(=O)O)cc1. The molecule has 0 amide bonds. The highest BCUT2D eigenvalue weighted by atomic mass is 16.5. The smallest absolute Gasteiger partial charge is 0.323 e. The summed E-state index contributed by atoms with van der Waals surface area (Å²) < 4.78 is 11.0. The van der Waals surface area contributed by atoms with Crippen LogP contribution in [0.15, 0.2) is 24.3 Å². The second kappa shape index (κ2) is 7.75. The molecule has 0 spiro atoms. The summed E-state index contributed by atoms with van der Waals surface area (Å²) in [5, 5.41) is 11.9. The number of carbonyl (C=O) groups is 1. The predicted octanol–water partition coefficient (Wildman–Crippen LogP) is 2.31. The summed E-state index contributed by atoms with van der Waals surface area (Å²) in [6.45, 7) is 4.72. The maximum absolute atomic E-state index is 11.1. The summed E-state index contributed by atoms with van der Waals surface area (Å²) in [6.07, 6.45) is 1.35. The van der Waals surface area contributed by atoms with E-state index in [1.54, 1.807) is 14.0 Å². The minimum atomic E-state index is -0.968. The van der Waals surface area contributed by atoms with Gasteiger partial charge in [-0.2, -0.15) is 0 Å². The number of rotatable bonds is 9. The van der Waals surface area contributed by atoms with Crippen LogP contribution in [0.1, 0.15) is 26.7 Å². The summed E-state index contributed by atoms with van der Waals surface area (Å²) in [5.74, 6) is 0.634. The molecule has 0 aliphatic heterocycles. The van der Waals surface area contributed by atoms with Crippen molar-refractivity contribution in [2.24, 2.45) is 0 Å². The molecule has 20 heavy (non-hydrogen) atoms. The molecule has 5 nitrogen and oxygen atoms in total. The zero-order valence-corrected chi connectivity index (χ0v) is 12.3. The van der Waals surface area contributed by atoms with Gasteiger partial charge in [0, 0.05) is 6.42 Å². The molecule has 0 aliphatic carbocycles. The van der Waals surface area contributed by atoms with Crippen LogP contribution in [0.5, 0.6) is 11.5 Å². The molecule has 1 aromatic carbocycles. The van der Waals surface area contributed by atoms with Crippen LogP contribution in [0.2, 0.25) is 0 Å². The molecular weight excluding hydrogens is 258 g/mol. The van der Waals surface area contributed by atoms with E-state index in [1.807, 2.05) is 24.3 Å². The zero-order valence-electron chi connectivity index (χ0n) is 12.3. The topological polar surface area (TPSA) is 67.8 Å². The van der Waals surface area contributed by atoms with Crippen molar-refractivity contribution in [3.05, 3.63) is 24.3 Å². The molecule has 0 heterocycles. The average molecular weight is 281 g/mol. The highest BCUT2D eigenvalue weighted by molar-refractivity contribution is 5.78. The van der Waals surface area contributed by atoms with Crippen LogP contribution in [0.25, 0.3) is 0 Å². The van der Waals surface area contributed by atoms with Crippen molar-refractivity contribution in [2.45, 2.75) is 32.2 Å². The molecule has 0 saturated carbocycles. The van der Waals surface area contributed by atoms with Gasteiger partial charge in [0.15, 0.2) is 0 Å². The van der Waals surface area contributed by atoms with E-state index in [2.05, 4.69) is 12.2 Å². The van der Waals surface area contributed by atoms with Gasteiger partial charge in [-0.05, 0) is 44.7 Å². The van der Waals surface area contributed by atoms with Crippen molar-refractivity contribution >= 4 is 5.97 Å². The molecule has 1 atom stereocenters. The average Bonchev–Trinajstić information content (AvgIpc) is 2.46. The van der Waals surface area contributed by atoms with E-state index in [0.717, 1.165) is 12.2 Å². The lowest BCUT2D eigenvalue weighted by Gasteiger charge is -2.23. The first-order chi connectivity index (χ1) is 9.51. The highest BCUT2D eigenvalue weighted by Gasteiger charge is 2.30. The van der Waals surface area contributed by atoms with E-state index < -0.39 is 11.5 Å². The number of hydrogen-bond acceptors (Lipinski definition) is 4. The maximum atomic E-state index is 11.1. The van der Waals surface area contributed by atoms with Gasteiger partial charge in [-0.25, -0.2) is 0 Å². The van der Waals surface area contributed by atoms with Gasteiger partial charge in [-0.15, -0.1) is 0 Å². The van der Waals surface area contributed by atoms with Gasteiger partial charge in [-0.1, -0.05) is 6.92 Å². The molecule has 0 fully saturated rings. The quantitative estimate of drug-likeness (QED) is 0.727. The van der Waals surface area contributed by atoms with Crippen LogP contribution in [0.4, 0.5) is 0 Å². The molecule has 0 aromatic heterocycles. The molecule has 1 rings (SSSR count). The Morgan fingerprint density at radius 3 is 2.10 bits per heavy atom. The number of benzene rings is 1. The molecule has 5 heteroatoms. The third-order valence-electron chi connectivity index (χ3n) is 3.19.